The number of rotatable bonds is 1. The average Bonchev–Trinajstić information content (AvgIpc) is 1.84. The van der Waals surface area contributed by atoms with E-state index in [9.17, 15) is 4.79 Å². The molecule has 1 rings (SSSR count). The van der Waals surface area contributed by atoms with Crippen LogP contribution in [-0.4, -0.2) is 23.5 Å². The van der Waals surface area contributed by atoms with Gasteiger partial charge in [0, 0.05) is 18.6 Å². The minimum atomic E-state index is -1.04. The topological polar surface area (TPSA) is 62.0 Å². The van der Waals surface area contributed by atoms with Crippen LogP contribution in [0.25, 0.3) is 0 Å². The Morgan fingerprint density at radius 2 is 2.27 bits per heavy atom. The molecule has 4 nitrogen and oxygen atoms in total. The van der Waals surface area contributed by atoms with Crippen LogP contribution in [0.15, 0.2) is 34.0 Å². The Hall–Kier alpha value is -1.71. The highest BCUT2D eigenvalue weighted by Gasteiger charge is 2.01. The van der Waals surface area contributed by atoms with Gasteiger partial charge in [-0.25, -0.2) is 9.79 Å². The summed E-state index contributed by atoms with van der Waals surface area (Å²) in [7, 11) is 0. The number of carbonyl (C=O) groups is 1. The fourth-order valence-corrected chi connectivity index (χ4v) is 0.555. The van der Waals surface area contributed by atoms with Crippen molar-refractivity contribution >= 4 is 18.4 Å². The lowest BCUT2D eigenvalue weighted by Crippen LogP contribution is -1.98. The Balaban J connectivity index is 2.87. The SMILES string of the molecule is O=C(O)C1=CC=CN=CC=N1. The van der Waals surface area contributed by atoms with Crippen molar-refractivity contribution < 1.29 is 9.90 Å². The van der Waals surface area contributed by atoms with Crippen molar-refractivity contribution in [1.82, 2.24) is 0 Å². The van der Waals surface area contributed by atoms with Gasteiger partial charge in [-0.2, -0.15) is 0 Å². The van der Waals surface area contributed by atoms with E-state index in [1.54, 1.807) is 0 Å². The van der Waals surface area contributed by atoms with Gasteiger partial charge in [0.1, 0.15) is 5.70 Å². The molecule has 0 atom stereocenters. The Bertz CT molecular complexity index is 274. The molecular weight excluding hydrogens is 144 g/mol. The molecule has 0 radical (unpaired) electrons. The number of hydrogen-bond donors (Lipinski definition) is 1. The maximum atomic E-state index is 10.4. The molecule has 1 heterocycles. The van der Waals surface area contributed by atoms with Crippen LogP contribution in [0.2, 0.25) is 0 Å². The standard InChI is InChI=1S/C7H6N2O2/c10-7(11)6-2-1-3-8-4-5-9-6/h1-5H,(H,10,11). The molecule has 0 bridgehead atoms. The van der Waals surface area contributed by atoms with Gasteiger partial charge in [0.25, 0.3) is 0 Å². The van der Waals surface area contributed by atoms with Gasteiger partial charge in [-0.15, -0.1) is 0 Å². The molecule has 56 valence electrons. The fourth-order valence-electron chi connectivity index (χ4n) is 0.555. The average molecular weight is 150 g/mol. The van der Waals surface area contributed by atoms with Crippen LogP contribution in [0.5, 0.6) is 0 Å². The summed E-state index contributed by atoms with van der Waals surface area (Å²) in [5.41, 5.74) is 0.00685. The van der Waals surface area contributed by atoms with Gasteiger partial charge in [-0.1, -0.05) is 0 Å². The second kappa shape index (κ2) is 3.46. The molecule has 0 fully saturated rings. The van der Waals surface area contributed by atoms with Gasteiger partial charge in [0.15, 0.2) is 0 Å². The molecule has 1 aliphatic heterocycles. The molecule has 0 saturated carbocycles. The summed E-state index contributed by atoms with van der Waals surface area (Å²) >= 11 is 0. The van der Waals surface area contributed by atoms with Crippen LogP contribution in [0.4, 0.5) is 0 Å². The lowest BCUT2D eigenvalue weighted by Gasteiger charge is -1.91. The van der Waals surface area contributed by atoms with Crippen LogP contribution in [0, 0.1) is 0 Å². The number of carboxylic acids is 1. The molecule has 1 N–H and O–H groups in total. The summed E-state index contributed by atoms with van der Waals surface area (Å²) in [6, 6.07) is 0. The molecule has 0 aliphatic carbocycles. The van der Waals surface area contributed by atoms with Crippen LogP contribution >= 0.6 is 0 Å². The van der Waals surface area contributed by atoms with E-state index in [0.717, 1.165) is 0 Å². The van der Waals surface area contributed by atoms with E-state index in [1.165, 1.54) is 30.8 Å². The molecule has 0 aromatic rings. The lowest BCUT2D eigenvalue weighted by molar-refractivity contribution is -0.132. The number of aliphatic carboxylic acids is 1. The van der Waals surface area contributed by atoms with E-state index in [0.29, 0.717) is 0 Å². The summed E-state index contributed by atoms with van der Waals surface area (Å²) in [5.74, 6) is -1.04. The molecule has 0 saturated heterocycles. The van der Waals surface area contributed by atoms with E-state index >= 15 is 0 Å². The second-order valence-corrected chi connectivity index (χ2v) is 1.77. The van der Waals surface area contributed by atoms with Gasteiger partial charge in [-0.05, 0) is 12.2 Å². The Morgan fingerprint density at radius 3 is 3.00 bits per heavy atom. The van der Waals surface area contributed by atoms with Gasteiger partial charge in [0.05, 0.1) is 0 Å². The monoisotopic (exact) mass is 150 g/mol. The minimum absolute atomic E-state index is 0.00685. The van der Waals surface area contributed by atoms with Crippen LogP contribution in [-0.2, 0) is 4.79 Å². The second-order valence-electron chi connectivity index (χ2n) is 1.77. The first kappa shape index (κ1) is 7.40. The van der Waals surface area contributed by atoms with Gasteiger partial charge in [-0.3, -0.25) is 4.99 Å². The number of carboxylic acid groups (broad SMARTS) is 1. The third-order valence-electron chi connectivity index (χ3n) is 1.01. The minimum Gasteiger partial charge on any atom is -0.477 e. The predicted octanol–water partition coefficient (Wildman–Crippen LogP) is 0.624. The predicted molar refractivity (Wildman–Crippen MR) is 41.8 cm³/mol. The number of allylic oxidation sites excluding steroid dienone is 2. The Kier molecular flexibility index (Phi) is 2.32. The molecule has 0 spiro atoms. The van der Waals surface area contributed by atoms with E-state index in [-0.39, 0.29) is 5.70 Å². The summed E-state index contributed by atoms with van der Waals surface area (Å²) in [5, 5.41) is 8.49. The third-order valence-corrected chi connectivity index (χ3v) is 1.01. The molecule has 0 amide bonds. The van der Waals surface area contributed by atoms with Crippen molar-refractivity contribution in [2.45, 2.75) is 0 Å². The van der Waals surface area contributed by atoms with Crippen molar-refractivity contribution in [3.8, 4) is 0 Å². The van der Waals surface area contributed by atoms with Crippen LogP contribution in [0.3, 0.4) is 0 Å². The zero-order valence-electron chi connectivity index (χ0n) is 5.64. The molecule has 0 aromatic heterocycles. The summed E-state index contributed by atoms with van der Waals surface area (Å²) in [4.78, 5) is 17.7. The van der Waals surface area contributed by atoms with E-state index in [4.69, 9.17) is 5.11 Å². The normalized spacial score (nSPS) is 15.5. The van der Waals surface area contributed by atoms with Gasteiger partial charge >= 0.3 is 5.97 Å². The van der Waals surface area contributed by atoms with Crippen molar-refractivity contribution in [3.63, 3.8) is 0 Å². The molecule has 11 heavy (non-hydrogen) atoms. The molecule has 0 unspecified atom stereocenters. The van der Waals surface area contributed by atoms with Gasteiger partial charge < -0.3 is 5.11 Å². The Labute approximate surface area is 63.3 Å². The van der Waals surface area contributed by atoms with E-state index < -0.39 is 5.97 Å². The Morgan fingerprint density at radius 1 is 1.45 bits per heavy atom. The largest absolute Gasteiger partial charge is 0.477 e. The number of aliphatic imine (C=N–C) groups is 2. The zero-order chi connectivity index (χ0) is 8.10. The van der Waals surface area contributed by atoms with Crippen molar-refractivity contribution in [2.75, 3.05) is 0 Å². The third kappa shape index (κ3) is 2.17. The summed E-state index contributed by atoms with van der Waals surface area (Å²) in [6.45, 7) is 0. The van der Waals surface area contributed by atoms with Crippen LogP contribution in [0.1, 0.15) is 0 Å². The van der Waals surface area contributed by atoms with Crippen LogP contribution < -0.4 is 0 Å². The maximum Gasteiger partial charge on any atom is 0.354 e. The molecular formula is C7H6N2O2. The molecule has 1 aliphatic rings. The smallest absolute Gasteiger partial charge is 0.354 e. The van der Waals surface area contributed by atoms with Crippen molar-refractivity contribution in [1.29, 1.82) is 0 Å². The first-order valence-corrected chi connectivity index (χ1v) is 2.96. The summed E-state index contributed by atoms with van der Waals surface area (Å²) in [6.07, 6.45) is 7.16. The maximum absolute atomic E-state index is 10.4. The summed E-state index contributed by atoms with van der Waals surface area (Å²) < 4.78 is 0. The number of hydrogen-bond acceptors (Lipinski definition) is 3. The van der Waals surface area contributed by atoms with Crippen molar-refractivity contribution in [3.05, 3.63) is 24.0 Å². The highest BCUT2D eigenvalue weighted by molar-refractivity contribution is 6.17. The molecule has 4 heteroatoms. The van der Waals surface area contributed by atoms with Gasteiger partial charge in [0.2, 0.25) is 0 Å². The quantitative estimate of drug-likeness (QED) is 0.595. The molecule has 0 aromatic carbocycles. The highest BCUT2D eigenvalue weighted by Crippen LogP contribution is 1.97. The zero-order valence-corrected chi connectivity index (χ0v) is 5.64. The van der Waals surface area contributed by atoms with Crippen molar-refractivity contribution in [2.24, 2.45) is 9.98 Å². The first-order valence-electron chi connectivity index (χ1n) is 2.96. The lowest BCUT2D eigenvalue weighted by atomic mass is 10.4. The first-order chi connectivity index (χ1) is 5.30. The van der Waals surface area contributed by atoms with E-state index in [1.807, 2.05) is 0 Å². The number of nitrogens with zero attached hydrogens (tertiary/aromatic N) is 2. The highest BCUT2D eigenvalue weighted by atomic mass is 16.4. The fraction of sp³-hybridized carbons (Fsp3) is 0. The van der Waals surface area contributed by atoms with E-state index in [2.05, 4.69) is 9.98 Å².